The molecule has 2 heteroatoms. The second-order valence-electron chi connectivity index (χ2n) is 3.01. The minimum atomic E-state index is 0.736. The fraction of sp³-hybridized carbons (Fsp3) is 0.500. The molecule has 1 aromatic heterocycles. The van der Waals surface area contributed by atoms with Crippen LogP contribution in [0.15, 0.2) is 24.5 Å². The van der Waals surface area contributed by atoms with Gasteiger partial charge in [0, 0.05) is 25.5 Å². The number of aromatic nitrogens is 1. The molecule has 0 unspecified atom stereocenters. The average molecular weight is 136 g/mol. The fourth-order valence-corrected chi connectivity index (χ4v) is 1.45. The molecule has 0 atom stereocenters. The molecule has 2 nitrogen and oxygen atoms in total. The van der Waals surface area contributed by atoms with Gasteiger partial charge in [-0.05, 0) is 19.2 Å². The molecule has 0 saturated carbocycles. The van der Waals surface area contributed by atoms with Gasteiger partial charge in [0.25, 0.3) is 0 Å². The van der Waals surface area contributed by atoms with Gasteiger partial charge < -0.3 is 9.47 Å². The Morgan fingerprint density at radius 1 is 1.20 bits per heavy atom. The quantitative estimate of drug-likeness (QED) is 0.558. The summed E-state index contributed by atoms with van der Waals surface area (Å²) in [5.74, 6) is 0. The standard InChI is InChI=1S/C8H12N2/c1-9-6-8(7-9)10-4-2-3-5-10/h2-5,8H,6-7H2,1H3. The van der Waals surface area contributed by atoms with Crippen molar-refractivity contribution in [1.82, 2.24) is 9.47 Å². The topological polar surface area (TPSA) is 8.17 Å². The zero-order valence-corrected chi connectivity index (χ0v) is 6.20. The largest absolute Gasteiger partial charge is 0.349 e. The highest BCUT2D eigenvalue weighted by atomic mass is 15.2. The lowest BCUT2D eigenvalue weighted by molar-refractivity contribution is 0.141. The fourth-order valence-electron chi connectivity index (χ4n) is 1.45. The van der Waals surface area contributed by atoms with Gasteiger partial charge in [-0.25, -0.2) is 0 Å². The van der Waals surface area contributed by atoms with Crippen LogP contribution in [0.3, 0.4) is 0 Å². The van der Waals surface area contributed by atoms with Gasteiger partial charge in [-0.2, -0.15) is 0 Å². The SMILES string of the molecule is CN1CC(n2cccc2)C1. The molecule has 1 fully saturated rings. The van der Waals surface area contributed by atoms with Crippen LogP contribution in [0.4, 0.5) is 0 Å². The molecule has 0 amide bonds. The van der Waals surface area contributed by atoms with E-state index in [2.05, 4.69) is 41.0 Å². The van der Waals surface area contributed by atoms with Crippen molar-refractivity contribution >= 4 is 0 Å². The summed E-state index contributed by atoms with van der Waals surface area (Å²) >= 11 is 0. The third kappa shape index (κ3) is 0.847. The van der Waals surface area contributed by atoms with Gasteiger partial charge in [-0.1, -0.05) is 0 Å². The van der Waals surface area contributed by atoms with E-state index in [1.54, 1.807) is 0 Å². The van der Waals surface area contributed by atoms with E-state index in [1.807, 2.05) is 0 Å². The van der Waals surface area contributed by atoms with Crippen LogP contribution in [-0.4, -0.2) is 29.6 Å². The monoisotopic (exact) mass is 136 g/mol. The third-order valence-corrected chi connectivity index (χ3v) is 2.09. The highest BCUT2D eigenvalue weighted by Gasteiger charge is 2.23. The van der Waals surface area contributed by atoms with Crippen LogP contribution in [0.2, 0.25) is 0 Å². The summed E-state index contributed by atoms with van der Waals surface area (Å²) in [6.07, 6.45) is 4.27. The first-order chi connectivity index (χ1) is 4.86. The van der Waals surface area contributed by atoms with Gasteiger partial charge >= 0.3 is 0 Å². The Morgan fingerprint density at radius 2 is 1.80 bits per heavy atom. The number of hydrogen-bond acceptors (Lipinski definition) is 1. The Morgan fingerprint density at radius 3 is 2.30 bits per heavy atom. The maximum atomic E-state index is 2.32. The molecule has 10 heavy (non-hydrogen) atoms. The van der Waals surface area contributed by atoms with Crippen molar-refractivity contribution in [3.05, 3.63) is 24.5 Å². The number of nitrogens with zero attached hydrogens (tertiary/aromatic N) is 2. The molecular weight excluding hydrogens is 124 g/mol. The first-order valence-electron chi connectivity index (χ1n) is 3.67. The summed E-state index contributed by atoms with van der Waals surface area (Å²) in [7, 11) is 2.15. The molecule has 2 heterocycles. The van der Waals surface area contributed by atoms with Crippen molar-refractivity contribution in [2.75, 3.05) is 20.1 Å². The Kier molecular flexibility index (Phi) is 1.27. The van der Waals surface area contributed by atoms with Crippen LogP contribution >= 0.6 is 0 Å². The second-order valence-corrected chi connectivity index (χ2v) is 3.01. The van der Waals surface area contributed by atoms with Crippen molar-refractivity contribution < 1.29 is 0 Å². The van der Waals surface area contributed by atoms with Crippen molar-refractivity contribution in [3.63, 3.8) is 0 Å². The molecule has 0 bridgehead atoms. The van der Waals surface area contributed by atoms with E-state index in [1.165, 1.54) is 13.1 Å². The van der Waals surface area contributed by atoms with Gasteiger partial charge in [0.1, 0.15) is 0 Å². The van der Waals surface area contributed by atoms with Crippen molar-refractivity contribution in [2.45, 2.75) is 6.04 Å². The van der Waals surface area contributed by atoms with Gasteiger partial charge in [0.05, 0.1) is 6.04 Å². The Labute approximate surface area is 61.1 Å². The van der Waals surface area contributed by atoms with E-state index >= 15 is 0 Å². The van der Waals surface area contributed by atoms with Crippen LogP contribution in [0, 0.1) is 0 Å². The van der Waals surface area contributed by atoms with Gasteiger partial charge in [-0.15, -0.1) is 0 Å². The van der Waals surface area contributed by atoms with Gasteiger partial charge in [0.2, 0.25) is 0 Å². The predicted octanol–water partition coefficient (Wildman–Crippen LogP) is 0.975. The van der Waals surface area contributed by atoms with Crippen molar-refractivity contribution in [3.8, 4) is 0 Å². The van der Waals surface area contributed by atoms with Crippen molar-refractivity contribution in [1.29, 1.82) is 0 Å². The first-order valence-corrected chi connectivity index (χ1v) is 3.67. The lowest BCUT2D eigenvalue weighted by atomic mass is 10.1. The van der Waals surface area contributed by atoms with E-state index in [0.717, 1.165) is 6.04 Å². The molecule has 2 rings (SSSR count). The van der Waals surface area contributed by atoms with E-state index < -0.39 is 0 Å². The van der Waals surface area contributed by atoms with E-state index in [4.69, 9.17) is 0 Å². The van der Waals surface area contributed by atoms with Crippen LogP contribution in [0.1, 0.15) is 6.04 Å². The Bertz CT molecular complexity index is 197. The summed E-state index contributed by atoms with van der Waals surface area (Å²) in [6.45, 7) is 2.41. The zero-order chi connectivity index (χ0) is 6.97. The molecule has 1 aliphatic rings. The molecule has 1 aromatic rings. The smallest absolute Gasteiger partial charge is 0.0584 e. The molecule has 0 radical (unpaired) electrons. The summed E-state index contributed by atoms with van der Waals surface area (Å²) in [6, 6.07) is 4.90. The minimum Gasteiger partial charge on any atom is -0.349 e. The van der Waals surface area contributed by atoms with E-state index in [-0.39, 0.29) is 0 Å². The summed E-state index contributed by atoms with van der Waals surface area (Å²) < 4.78 is 2.28. The summed E-state index contributed by atoms with van der Waals surface area (Å²) in [5, 5.41) is 0. The zero-order valence-electron chi connectivity index (χ0n) is 6.20. The number of hydrogen-bond donors (Lipinski definition) is 0. The number of likely N-dealkylation sites (N-methyl/N-ethyl adjacent to an activating group) is 1. The molecule has 0 N–H and O–H groups in total. The van der Waals surface area contributed by atoms with Crippen molar-refractivity contribution in [2.24, 2.45) is 0 Å². The maximum absolute atomic E-state index is 2.32. The normalized spacial score (nSPS) is 20.9. The highest BCUT2D eigenvalue weighted by Crippen LogP contribution is 2.18. The maximum Gasteiger partial charge on any atom is 0.0584 e. The lowest BCUT2D eigenvalue weighted by Crippen LogP contribution is -2.44. The molecule has 0 spiro atoms. The van der Waals surface area contributed by atoms with Crippen LogP contribution in [-0.2, 0) is 0 Å². The number of likely N-dealkylation sites (tertiary alicyclic amines) is 1. The molecule has 54 valence electrons. The Balaban J connectivity index is 2.04. The van der Waals surface area contributed by atoms with Crippen LogP contribution < -0.4 is 0 Å². The van der Waals surface area contributed by atoms with E-state index in [9.17, 15) is 0 Å². The van der Waals surface area contributed by atoms with Gasteiger partial charge in [-0.3, -0.25) is 0 Å². The second kappa shape index (κ2) is 2.13. The average Bonchev–Trinajstić information content (AvgIpc) is 2.31. The molecule has 1 saturated heterocycles. The first kappa shape index (κ1) is 5.98. The minimum absolute atomic E-state index is 0.736. The molecule has 1 aliphatic heterocycles. The highest BCUT2D eigenvalue weighted by molar-refractivity contribution is 4.96. The van der Waals surface area contributed by atoms with E-state index in [0.29, 0.717) is 0 Å². The van der Waals surface area contributed by atoms with Crippen LogP contribution in [0.5, 0.6) is 0 Å². The van der Waals surface area contributed by atoms with Crippen LogP contribution in [0.25, 0.3) is 0 Å². The lowest BCUT2D eigenvalue weighted by Gasteiger charge is -2.37. The number of rotatable bonds is 1. The molecular formula is C8H12N2. The summed E-state index contributed by atoms with van der Waals surface area (Å²) in [4.78, 5) is 2.32. The summed E-state index contributed by atoms with van der Waals surface area (Å²) in [5.41, 5.74) is 0. The Hall–Kier alpha value is -0.760. The van der Waals surface area contributed by atoms with Gasteiger partial charge in [0.15, 0.2) is 0 Å². The predicted molar refractivity (Wildman–Crippen MR) is 41.0 cm³/mol. The third-order valence-electron chi connectivity index (χ3n) is 2.09. The molecule has 0 aromatic carbocycles. The molecule has 0 aliphatic carbocycles.